The molecule has 2 heterocycles. The van der Waals surface area contributed by atoms with E-state index in [0.29, 0.717) is 44.2 Å². The second kappa shape index (κ2) is 7.31. The molecule has 7 nitrogen and oxygen atoms in total. The molecule has 1 atom stereocenters. The standard InChI is InChI=1S/C17H25N3O4S/c1-24-15-5-4-14(17(21)19-9-6-13(11-18)12-19)10-16(15)25(22,23)20-7-2-3-8-20/h4-5,10,13H,2-3,6-9,11-12,18H2,1H3. The molecule has 1 aromatic rings. The summed E-state index contributed by atoms with van der Waals surface area (Å²) in [6.45, 7) is 2.85. The number of benzene rings is 1. The number of amides is 1. The van der Waals surface area contributed by atoms with Crippen LogP contribution in [-0.4, -0.2) is 63.4 Å². The Morgan fingerprint density at radius 2 is 2.00 bits per heavy atom. The van der Waals surface area contributed by atoms with E-state index in [1.807, 2.05) is 0 Å². The molecular weight excluding hydrogens is 342 g/mol. The number of likely N-dealkylation sites (tertiary alicyclic amines) is 1. The van der Waals surface area contributed by atoms with Crippen molar-refractivity contribution in [2.75, 3.05) is 39.8 Å². The second-order valence-electron chi connectivity index (χ2n) is 6.62. The van der Waals surface area contributed by atoms with Gasteiger partial charge in [0.25, 0.3) is 5.91 Å². The zero-order valence-corrected chi connectivity index (χ0v) is 15.3. The highest BCUT2D eigenvalue weighted by atomic mass is 32.2. The van der Waals surface area contributed by atoms with Gasteiger partial charge in [0.05, 0.1) is 7.11 Å². The zero-order valence-electron chi connectivity index (χ0n) is 14.5. The van der Waals surface area contributed by atoms with Crippen LogP contribution in [0.5, 0.6) is 5.75 Å². The molecule has 2 aliphatic rings. The lowest BCUT2D eigenvalue weighted by Gasteiger charge is -2.20. The van der Waals surface area contributed by atoms with Crippen molar-refractivity contribution in [3.05, 3.63) is 23.8 Å². The van der Waals surface area contributed by atoms with Gasteiger partial charge in [-0.1, -0.05) is 0 Å². The summed E-state index contributed by atoms with van der Waals surface area (Å²) in [5.74, 6) is 0.427. The molecule has 1 amide bonds. The van der Waals surface area contributed by atoms with Gasteiger partial charge < -0.3 is 15.4 Å². The van der Waals surface area contributed by atoms with E-state index in [1.165, 1.54) is 17.5 Å². The van der Waals surface area contributed by atoms with Crippen LogP contribution in [0.3, 0.4) is 0 Å². The van der Waals surface area contributed by atoms with E-state index in [9.17, 15) is 13.2 Å². The van der Waals surface area contributed by atoms with Gasteiger partial charge >= 0.3 is 0 Å². The Labute approximate surface area is 148 Å². The number of hydrogen-bond donors (Lipinski definition) is 1. The number of sulfonamides is 1. The number of methoxy groups -OCH3 is 1. The summed E-state index contributed by atoms with van der Waals surface area (Å²) in [6.07, 6.45) is 2.60. The van der Waals surface area contributed by atoms with Crippen LogP contribution < -0.4 is 10.5 Å². The van der Waals surface area contributed by atoms with Gasteiger partial charge in [-0.15, -0.1) is 0 Å². The van der Waals surface area contributed by atoms with Gasteiger partial charge in [-0.2, -0.15) is 4.31 Å². The monoisotopic (exact) mass is 367 g/mol. The van der Waals surface area contributed by atoms with E-state index in [-0.39, 0.29) is 16.6 Å². The van der Waals surface area contributed by atoms with E-state index < -0.39 is 10.0 Å². The van der Waals surface area contributed by atoms with Crippen molar-refractivity contribution in [3.8, 4) is 5.75 Å². The fourth-order valence-corrected chi connectivity index (χ4v) is 5.17. The predicted molar refractivity (Wildman–Crippen MR) is 94.1 cm³/mol. The Balaban J connectivity index is 1.91. The van der Waals surface area contributed by atoms with Crippen molar-refractivity contribution in [2.45, 2.75) is 24.2 Å². The first kappa shape index (κ1) is 18.2. The van der Waals surface area contributed by atoms with E-state index in [2.05, 4.69) is 0 Å². The third kappa shape index (κ3) is 3.51. The van der Waals surface area contributed by atoms with Crippen molar-refractivity contribution in [1.29, 1.82) is 0 Å². The average molecular weight is 367 g/mol. The maximum Gasteiger partial charge on any atom is 0.253 e. The summed E-state index contributed by atoms with van der Waals surface area (Å²) in [4.78, 5) is 14.6. The van der Waals surface area contributed by atoms with E-state index in [4.69, 9.17) is 10.5 Å². The molecule has 2 saturated heterocycles. The Hall–Kier alpha value is -1.64. The van der Waals surface area contributed by atoms with Crippen LogP contribution >= 0.6 is 0 Å². The molecule has 1 unspecified atom stereocenters. The van der Waals surface area contributed by atoms with Crippen LogP contribution in [0.1, 0.15) is 29.6 Å². The van der Waals surface area contributed by atoms with Gasteiger partial charge in [-0.3, -0.25) is 4.79 Å². The summed E-state index contributed by atoms with van der Waals surface area (Å²) in [5, 5.41) is 0. The van der Waals surface area contributed by atoms with Gasteiger partial charge in [0, 0.05) is 31.7 Å². The minimum absolute atomic E-state index is 0.0670. The van der Waals surface area contributed by atoms with E-state index in [0.717, 1.165) is 19.3 Å². The van der Waals surface area contributed by atoms with Crippen LogP contribution in [0.4, 0.5) is 0 Å². The molecule has 0 spiro atoms. The first-order valence-electron chi connectivity index (χ1n) is 8.65. The van der Waals surface area contributed by atoms with Crippen LogP contribution in [0.25, 0.3) is 0 Å². The lowest BCUT2D eigenvalue weighted by Crippen LogP contribution is -2.31. The van der Waals surface area contributed by atoms with Gasteiger partial charge in [0.2, 0.25) is 10.0 Å². The minimum Gasteiger partial charge on any atom is -0.495 e. The maximum atomic E-state index is 12.9. The molecule has 3 rings (SSSR count). The van der Waals surface area contributed by atoms with Gasteiger partial charge in [0.1, 0.15) is 10.6 Å². The topological polar surface area (TPSA) is 92.9 Å². The summed E-state index contributed by atoms with van der Waals surface area (Å²) in [7, 11) is -2.22. The summed E-state index contributed by atoms with van der Waals surface area (Å²) < 4.78 is 32.5. The minimum atomic E-state index is -3.66. The highest BCUT2D eigenvalue weighted by Crippen LogP contribution is 2.30. The molecule has 2 fully saturated rings. The summed E-state index contributed by atoms with van der Waals surface area (Å²) in [5.41, 5.74) is 6.06. The van der Waals surface area contributed by atoms with Crippen LogP contribution in [0, 0.1) is 5.92 Å². The Morgan fingerprint density at radius 1 is 1.28 bits per heavy atom. The van der Waals surface area contributed by atoms with Crippen LogP contribution in [0.15, 0.2) is 23.1 Å². The van der Waals surface area contributed by atoms with E-state index >= 15 is 0 Å². The smallest absolute Gasteiger partial charge is 0.253 e. The normalized spacial score (nSPS) is 21.7. The SMILES string of the molecule is COc1ccc(C(=O)N2CCC(CN)C2)cc1S(=O)(=O)N1CCCC1. The Kier molecular flexibility index (Phi) is 5.31. The zero-order chi connectivity index (χ0) is 18.0. The molecular formula is C17H25N3O4S. The molecule has 0 aliphatic carbocycles. The number of ether oxygens (including phenoxy) is 1. The largest absolute Gasteiger partial charge is 0.495 e. The number of hydrogen-bond acceptors (Lipinski definition) is 5. The third-order valence-electron chi connectivity index (χ3n) is 5.00. The molecule has 0 bridgehead atoms. The maximum absolute atomic E-state index is 12.9. The van der Waals surface area contributed by atoms with Crippen molar-refractivity contribution in [1.82, 2.24) is 9.21 Å². The van der Waals surface area contributed by atoms with Gasteiger partial charge in [-0.25, -0.2) is 8.42 Å². The quantitative estimate of drug-likeness (QED) is 0.835. The fraction of sp³-hybridized carbons (Fsp3) is 0.588. The summed E-state index contributed by atoms with van der Waals surface area (Å²) >= 11 is 0. The van der Waals surface area contributed by atoms with Gasteiger partial charge in [-0.05, 0) is 49.9 Å². The molecule has 8 heteroatoms. The lowest BCUT2D eigenvalue weighted by molar-refractivity contribution is 0.0787. The molecule has 1 aromatic carbocycles. The van der Waals surface area contributed by atoms with E-state index in [1.54, 1.807) is 17.0 Å². The first-order chi connectivity index (χ1) is 12.0. The van der Waals surface area contributed by atoms with Crippen molar-refractivity contribution < 1.29 is 17.9 Å². The number of carbonyl (C=O) groups excluding carboxylic acids is 1. The number of carbonyl (C=O) groups is 1. The third-order valence-corrected chi connectivity index (χ3v) is 6.92. The van der Waals surface area contributed by atoms with Gasteiger partial charge in [0.15, 0.2) is 0 Å². The number of rotatable bonds is 5. The Bertz CT molecular complexity index is 744. The Morgan fingerprint density at radius 3 is 2.60 bits per heavy atom. The van der Waals surface area contributed by atoms with Crippen molar-refractivity contribution in [2.24, 2.45) is 11.7 Å². The van der Waals surface area contributed by atoms with Crippen molar-refractivity contribution in [3.63, 3.8) is 0 Å². The molecule has 25 heavy (non-hydrogen) atoms. The highest BCUT2D eigenvalue weighted by Gasteiger charge is 2.32. The molecule has 0 aromatic heterocycles. The first-order valence-corrected chi connectivity index (χ1v) is 10.1. The number of nitrogens with zero attached hydrogens (tertiary/aromatic N) is 2. The second-order valence-corrected chi connectivity index (χ2v) is 8.52. The number of nitrogens with two attached hydrogens (primary N) is 1. The fourth-order valence-electron chi connectivity index (χ4n) is 3.47. The molecule has 2 N–H and O–H groups in total. The van der Waals surface area contributed by atoms with Crippen LogP contribution in [-0.2, 0) is 10.0 Å². The molecule has 138 valence electrons. The van der Waals surface area contributed by atoms with Crippen LogP contribution in [0.2, 0.25) is 0 Å². The average Bonchev–Trinajstić information content (AvgIpc) is 3.32. The molecule has 2 aliphatic heterocycles. The summed E-state index contributed by atoms with van der Waals surface area (Å²) in [6, 6.07) is 4.64. The molecule has 0 saturated carbocycles. The lowest BCUT2D eigenvalue weighted by atomic mass is 10.1. The highest BCUT2D eigenvalue weighted by molar-refractivity contribution is 7.89. The molecule has 0 radical (unpaired) electrons. The van der Waals surface area contributed by atoms with Crippen molar-refractivity contribution >= 4 is 15.9 Å². The predicted octanol–water partition coefficient (Wildman–Crippen LogP) is 0.900.